The molecule has 0 saturated heterocycles. The highest BCUT2D eigenvalue weighted by Gasteiger charge is 2.12. The molecule has 0 aliphatic heterocycles. The van der Waals surface area contributed by atoms with Crippen LogP contribution >= 0.6 is 0 Å². The van der Waals surface area contributed by atoms with Crippen molar-refractivity contribution in [2.45, 2.75) is 33.0 Å². The van der Waals surface area contributed by atoms with Crippen molar-refractivity contribution in [3.63, 3.8) is 0 Å². The molecule has 154 valence electrons. The molecule has 0 saturated carbocycles. The Morgan fingerprint density at radius 1 is 1.14 bits per heavy atom. The Morgan fingerprint density at radius 3 is 2.62 bits per heavy atom. The Balaban J connectivity index is 1.59. The van der Waals surface area contributed by atoms with Gasteiger partial charge in [0.25, 0.3) is 0 Å². The molecule has 10 heteroatoms. The summed E-state index contributed by atoms with van der Waals surface area (Å²) in [7, 11) is 0. The van der Waals surface area contributed by atoms with Crippen molar-refractivity contribution in [3.8, 4) is 0 Å². The average Bonchev–Trinajstić information content (AvgIpc) is 3.08. The lowest BCUT2D eigenvalue weighted by Crippen LogP contribution is -2.26. The minimum Gasteiger partial charge on any atom is -0.366 e. The highest BCUT2D eigenvalue weighted by Crippen LogP contribution is 2.17. The summed E-state index contributed by atoms with van der Waals surface area (Å²) in [4.78, 5) is 8.37. The maximum Gasteiger partial charge on any atom is 0.229 e. The quantitative estimate of drug-likeness (QED) is 0.506. The minimum absolute atomic E-state index is 0.185. The molecule has 0 fully saturated rings. The zero-order valence-corrected chi connectivity index (χ0v) is 16.1. The van der Waals surface area contributed by atoms with Crippen LogP contribution in [0.15, 0.2) is 36.8 Å². The lowest BCUT2D eigenvalue weighted by Gasteiger charge is -2.09. The summed E-state index contributed by atoms with van der Waals surface area (Å²) in [6.07, 6.45) is 4.99. The zero-order chi connectivity index (χ0) is 20.8. The number of hydrogen-bond donors (Lipinski definition) is 3. The van der Waals surface area contributed by atoms with Crippen LogP contribution in [0.4, 0.5) is 30.6 Å². The van der Waals surface area contributed by atoms with Crippen LogP contribution in [0.1, 0.15) is 19.4 Å². The first-order valence-electron chi connectivity index (χ1n) is 9.14. The number of anilines is 3. The molecule has 2 aromatic heterocycles. The van der Waals surface area contributed by atoms with Gasteiger partial charge in [-0.1, -0.05) is 13.8 Å². The van der Waals surface area contributed by atoms with Crippen molar-refractivity contribution in [3.05, 3.63) is 59.8 Å². The average molecular weight is 405 g/mol. The molecular weight excluding hydrogens is 383 g/mol. The molecule has 29 heavy (non-hydrogen) atoms. The maximum atomic E-state index is 13.7. The van der Waals surface area contributed by atoms with Crippen LogP contribution in [0.3, 0.4) is 0 Å². The van der Waals surface area contributed by atoms with Crippen LogP contribution in [0, 0.1) is 17.5 Å². The van der Waals surface area contributed by atoms with Crippen molar-refractivity contribution in [1.82, 2.24) is 25.1 Å². The van der Waals surface area contributed by atoms with Gasteiger partial charge < -0.3 is 16.0 Å². The van der Waals surface area contributed by atoms with E-state index < -0.39 is 17.5 Å². The summed E-state index contributed by atoms with van der Waals surface area (Å²) in [5.74, 6) is -2.21. The van der Waals surface area contributed by atoms with Crippen molar-refractivity contribution in [1.29, 1.82) is 0 Å². The monoisotopic (exact) mass is 405 g/mol. The first-order valence-corrected chi connectivity index (χ1v) is 9.14. The van der Waals surface area contributed by atoms with Gasteiger partial charge in [-0.15, -0.1) is 0 Å². The van der Waals surface area contributed by atoms with E-state index in [9.17, 15) is 13.2 Å². The van der Waals surface area contributed by atoms with E-state index in [0.717, 1.165) is 13.1 Å². The standard InChI is InChI=1S/C19H22F3N7/c1-12(2)23-5-6-29-11-14(9-26-29)27-19-24-4-3-18(28-19)25-10-15-16(21)7-13(20)8-17(15)22/h3-4,7-9,11-12,23H,5-6,10H2,1-2H3,(H2,24,25,27,28). The predicted molar refractivity (Wildman–Crippen MR) is 104 cm³/mol. The third-order valence-corrected chi connectivity index (χ3v) is 3.99. The number of aromatic nitrogens is 4. The fourth-order valence-corrected chi connectivity index (χ4v) is 2.58. The molecule has 0 radical (unpaired) electrons. The third kappa shape index (κ3) is 5.92. The molecule has 0 aliphatic rings. The van der Waals surface area contributed by atoms with E-state index in [4.69, 9.17) is 0 Å². The molecule has 0 unspecified atom stereocenters. The normalized spacial score (nSPS) is 11.1. The van der Waals surface area contributed by atoms with E-state index in [0.29, 0.717) is 35.6 Å². The number of benzene rings is 1. The van der Waals surface area contributed by atoms with E-state index in [2.05, 4.69) is 44.9 Å². The van der Waals surface area contributed by atoms with Crippen LogP contribution < -0.4 is 16.0 Å². The second kappa shape index (κ2) is 9.37. The molecule has 3 rings (SSSR count). The fourth-order valence-electron chi connectivity index (χ4n) is 2.58. The molecule has 7 nitrogen and oxygen atoms in total. The molecule has 3 aromatic rings. The smallest absolute Gasteiger partial charge is 0.229 e. The van der Waals surface area contributed by atoms with Gasteiger partial charge in [-0.2, -0.15) is 10.1 Å². The summed E-state index contributed by atoms with van der Waals surface area (Å²) < 4.78 is 42.3. The van der Waals surface area contributed by atoms with E-state index in [1.807, 2.05) is 6.20 Å². The third-order valence-electron chi connectivity index (χ3n) is 3.99. The maximum absolute atomic E-state index is 13.7. The molecule has 2 heterocycles. The molecule has 0 atom stereocenters. The molecule has 0 spiro atoms. The van der Waals surface area contributed by atoms with Gasteiger partial charge in [-0.3, -0.25) is 4.68 Å². The highest BCUT2D eigenvalue weighted by molar-refractivity contribution is 5.52. The summed E-state index contributed by atoms with van der Waals surface area (Å²) in [6.45, 7) is 5.48. The fraction of sp³-hybridized carbons (Fsp3) is 0.316. The van der Waals surface area contributed by atoms with E-state index in [1.165, 1.54) is 6.20 Å². The summed E-state index contributed by atoms with van der Waals surface area (Å²) in [5, 5.41) is 13.4. The van der Waals surface area contributed by atoms with Crippen molar-refractivity contribution < 1.29 is 13.2 Å². The summed E-state index contributed by atoms with van der Waals surface area (Å²) >= 11 is 0. The number of halogens is 3. The van der Waals surface area contributed by atoms with Crippen molar-refractivity contribution in [2.75, 3.05) is 17.2 Å². The van der Waals surface area contributed by atoms with Crippen LogP contribution in [0.2, 0.25) is 0 Å². The van der Waals surface area contributed by atoms with Crippen LogP contribution in [0.25, 0.3) is 0 Å². The van der Waals surface area contributed by atoms with E-state index in [-0.39, 0.29) is 12.1 Å². The lowest BCUT2D eigenvalue weighted by molar-refractivity contribution is 0.515. The second-order valence-electron chi connectivity index (χ2n) is 6.69. The van der Waals surface area contributed by atoms with Crippen LogP contribution in [-0.4, -0.2) is 32.3 Å². The van der Waals surface area contributed by atoms with E-state index in [1.54, 1.807) is 16.9 Å². The number of nitrogens with one attached hydrogen (secondary N) is 3. The van der Waals surface area contributed by atoms with Crippen LogP contribution in [0.5, 0.6) is 0 Å². The zero-order valence-electron chi connectivity index (χ0n) is 16.1. The Morgan fingerprint density at radius 2 is 1.90 bits per heavy atom. The molecule has 0 amide bonds. The number of nitrogens with zero attached hydrogens (tertiary/aromatic N) is 4. The molecule has 1 aromatic carbocycles. The van der Waals surface area contributed by atoms with Crippen molar-refractivity contribution >= 4 is 17.5 Å². The Kier molecular flexibility index (Phi) is 6.65. The second-order valence-corrected chi connectivity index (χ2v) is 6.69. The molecule has 0 aliphatic carbocycles. The first kappa shape index (κ1) is 20.6. The summed E-state index contributed by atoms with van der Waals surface area (Å²) in [5.41, 5.74) is 0.443. The molecular formula is C19H22F3N7. The lowest BCUT2D eigenvalue weighted by atomic mass is 10.2. The van der Waals surface area contributed by atoms with Gasteiger partial charge in [0.15, 0.2) is 0 Å². The van der Waals surface area contributed by atoms with Gasteiger partial charge in [0, 0.05) is 49.2 Å². The van der Waals surface area contributed by atoms with Gasteiger partial charge in [0.1, 0.15) is 23.3 Å². The first-order chi connectivity index (χ1) is 13.9. The number of rotatable bonds is 9. The number of hydrogen-bond acceptors (Lipinski definition) is 6. The Labute approximate surface area is 166 Å². The van der Waals surface area contributed by atoms with Gasteiger partial charge in [0.2, 0.25) is 5.95 Å². The van der Waals surface area contributed by atoms with Crippen molar-refractivity contribution in [2.24, 2.45) is 0 Å². The van der Waals surface area contributed by atoms with Gasteiger partial charge >= 0.3 is 0 Å². The largest absolute Gasteiger partial charge is 0.366 e. The summed E-state index contributed by atoms with van der Waals surface area (Å²) in [6, 6.07) is 3.25. The van der Waals surface area contributed by atoms with Gasteiger partial charge in [0.05, 0.1) is 18.4 Å². The highest BCUT2D eigenvalue weighted by atomic mass is 19.1. The van der Waals surface area contributed by atoms with Gasteiger partial charge in [-0.05, 0) is 6.07 Å². The molecule has 3 N–H and O–H groups in total. The van der Waals surface area contributed by atoms with Gasteiger partial charge in [-0.25, -0.2) is 18.2 Å². The Bertz CT molecular complexity index is 935. The SMILES string of the molecule is CC(C)NCCn1cc(Nc2nccc(NCc3c(F)cc(F)cc3F)n2)cn1. The predicted octanol–water partition coefficient (Wildman–Crippen LogP) is 3.44. The topological polar surface area (TPSA) is 79.7 Å². The molecule has 0 bridgehead atoms. The minimum atomic E-state index is -0.960. The van der Waals surface area contributed by atoms with Crippen LogP contribution in [-0.2, 0) is 13.1 Å². The van der Waals surface area contributed by atoms with E-state index >= 15 is 0 Å². The Hall–Kier alpha value is -3.14.